The number of nitrogens with two attached hydrogens (primary N) is 1. The monoisotopic (exact) mass is 306 g/mol. The number of nitrogens with zero attached hydrogens (tertiary/aromatic N) is 1. The molecule has 0 spiro atoms. The fourth-order valence-corrected chi connectivity index (χ4v) is 1.83. The molecule has 0 aromatic heterocycles. The lowest BCUT2D eigenvalue weighted by Crippen LogP contribution is -2.10. The van der Waals surface area contributed by atoms with E-state index >= 15 is 0 Å². The van der Waals surface area contributed by atoms with E-state index in [9.17, 15) is 14.5 Å². The van der Waals surface area contributed by atoms with Gasteiger partial charge in [-0.15, -0.1) is 0 Å². The van der Waals surface area contributed by atoms with Crippen molar-refractivity contribution in [1.82, 2.24) is 0 Å². The summed E-state index contributed by atoms with van der Waals surface area (Å²) in [6.07, 6.45) is 0. The van der Waals surface area contributed by atoms with Gasteiger partial charge in [0.2, 0.25) is 0 Å². The van der Waals surface area contributed by atoms with Gasteiger partial charge in [0.1, 0.15) is 17.4 Å². The Hall–Kier alpha value is -2.54. The molecule has 0 aliphatic heterocycles. The number of halogens is 1. The topological polar surface area (TPSA) is 78.4 Å². The molecule has 0 aliphatic carbocycles. The Morgan fingerprint density at radius 1 is 1.33 bits per heavy atom. The summed E-state index contributed by atoms with van der Waals surface area (Å²) in [6.45, 7) is -0.111. The van der Waals surface area contributed by atoms with Crippen molar-refractivity contribution in [3.05, 3.63) is 69.5 Å². The first-order valence-corrected chi connectivity index (χ1v) is 6.34. The van der Waals surface area contributed by atoms with Gasteiger partial charge >= 0.3 is 5.69 Å². The summed E-state index contributed by atoms with van der Waals surface area (Å²) in [6, 6.07) is 10.2. The Bertz CT molecular complexity index is 706. The van der Waals surface area contributed by atoms with Gasteiger partial charge in [-0.2, -0.15) is 0 Å². The molecule has 0 heterocycles. The highest BCUT2D eigenvalue weighted by Gasteiger charge is 2.17. The molecule has 7 heteroatoms. The summed E-state index contributed by atoms with van der Waals surface area (Å²) in [5.74, 6) is -0.400. The number of nitro groups is 1. The van der Waals surface area contributed by atoms with Crippen LogP contribution in [-0.2, 0) is 6.61 Å². The highest BCUT2D eigenvalue weighted by Crippen LogP contribution is 2.29. The standard InChI is InChI=1S/C14H11FN2O3S/c15-11-4-2-1-3-10(11)8-20-13-6-5-9(14(16)21)7-12(13)17(18)19/h1-7H,8H2,(H2,16,21). The zero-order valence-electron chi connectivity index (χ0n) is 10.8. The number of thiocarbonyl (C=S) groups is 1. The maximum atomic E-state index is 13.5. The van der Waals surface area contributed by atoms with Gasteiger partial charge < -0.3 is 10.5 Å². The zero-order valence-corrected chi connectivity index (χ0v) is 11.6. The van der Waals surface area contributed by atoms with E-state index in [1.165, 1.54) is 24.3 Å². The minimum atomic E-state index is -0.599. The van der Waals surface area contributed by atoms with Crippen molar-refractivity contribution in [1.29, 1.82) is 0 Å². The first kappa shape index (κ1) is 14.9. The largest absolute Gasteiger partial charge is 0.482 e. The van der Waals surface area contributed by atoms with E-state index in [1.807, 2.05) is 0 Å². The van der Waals surface area contributed by atoms with E-state index < -0.39 is 10.7 Å². The Morgan fingerprint density at radius 2 is 2.05 bits per heavy atom. The van der Waals surface area contributed by atoms with Crippen LogP contribution in [-0.4, -0.2) is 9.91 Å². The molecule has 2 rings (SSSR count). The molecule has 0 fully saturated rings. The van der Waals surface area contributed by atoms with Gasteiger partial charge in [-0.3, -0.25) is 10.1 Å². The van der Waals surface area contributed by atoms with Crippen LogP contribution in [0.2, 0.25) is 0 Å². The summed E-state index contributed by atoms with van der Waals surface area (Å²) in [7, 11) is 0. The maximum Gasteiger partial charge on any atom is 0.311 e. The average molecular weight is 306 g/mol. The molecule has 0 unspecified atom stereocenters. The van der Waals surface area contributed by atoms with Crippen LogP contribution >= 0.6 is 12.2 Å². The van der Waals surface area contributed by atoms with Crippen LogP contribution in [0.1, 0.15) is 11.1 Å². The number of benzene rings is 2. The van der Waals surface area contributed by atoms with Crippen molar-refractivity contribution in [3.63, 3.8) is 0 Å². The van der Waals surface area contributed by atoms with Gasteiger partial charge in [0.05, 0.1) is 4.92 Å². The predicted molar refractivity (Wildman–Crippen MR) is 79.7 cm³/mol. The van der Waals surface area contributed by atoms with Gasteiger partial charge in [0.25, 0.3) is 0 Å². The van der Waals surface area contributed by atoms with E-state index in [4.69, 9.17) is 22.7 Å². The molecule has 108 valence electrons. The molecule has 2 N–H and O–H groups in total. The van der Waals surface area contributed by atoms with E-state index in [0.29, 0.717) is 11.1 Å². The fraction of sp³-hybridized carbons (Fsp3) is 0.0714. The quantitative estimate of drug-likeness (QED) is 0.522. The van der Waals surface area contributed by atoms with E-state index in [1.54, 1.807) is 18.2 Å². The molecule has 5 nitrogen and oxygen atoms in total. The third-order valence-corrected chi connectivity index (χ3v) is 3.02. The molecule has 0 atom stereocenters. The molecular formula is C14H11FN2O3S. The van der Waals surface area contributed by atoms with Crippen molar-refractivity contribution >= 4 is 22.9 Å². The van der Waals surface area contributed by atoms with Crippen molar-refractivity contribution in [2.45, 2.75) is 6.61 Å². The van der Waals surface area contributed by atoms with Crippen molar-refractivity contribution in [2.75, 3.05) is 0 Å². The number of nitro benzene ring substituents is 1. The molecule has 0 amide bonds. The number of rotatable bonds is 5. The second kappa shape index (κ2) is 6.27. The van der Waals surface area contributed by atoms with Gasteiger partial charge in [-0.05, 0) is 18.2 Å². The summed E-state index contributed by atoms with van der Waals surface area (Å²) in [4.78, 5) is 10.5. The Balaban J connectivity index is 2.26. The van der Waals surface area contributed by atoms with Crippen LogP contribution in [0.4, 0.5) is 10.1 Å². The molecule has 0 saturated heterocycles. The van der Waals surface area contributed by atoms with E-state index in [0.717, 1.165) is 0 Å². The SMILES string of the molecule is NC(=S)c1ccc(OCc2ccccc2F)c([N+](=O)[O-])c1. The van der Waals surface area contributed by atoms with Crippen molar-refractivity contribution < 1.29 is 14.1 Å². The Kier molecular flexibility index (Phi) is 4.44. The van der Waals surface area contributed by atoms with Crippen LogP contribution in [0, 0.1) is 15.9 Å². The summed E-state index contributed by atoms with van der Waals surface area (Å²) < 4.78 is 18.8. The van der Waals surface area contributed by atoms with Gasteiger partial charge in [-0.25, -0.2) is 4.39 Å². The van der Waals surface area contributed by atoms with Crippen LogP contribution in [0.15, 0.2) is 42.5 Å². The lowest BCUT2D eigenvalue weighted by atomic mass is 10.2. The number of hydrogen-bond acceptors (Lipinski definition) is 4. The molecule has 0 aliphatic rings. The summed E-state index contributed by atoms with van der Waals surface area (Å²) in [5, 5.41) is 11.0. The molecule has 21 heavy (non-hydrogen) atoms. The van der Waals surface area contributed by atoms with Crippen molar-refractivity contribution in [2.24, 2.45) is 5.73 Å². The predicted octanol–water partition coefficient (Wildman–Crippen LogP) is 2.95. The molecule has 0 bridgehead atoms. The molecule has 0 saturated carbocycles. The lowest BCUT2D eigenvalue weighted by Gasteiger charge is -2.08. The minimum Gasteiger partial charge on any atom is -0.482 e. The second-order valence-electron chi connectivity index (χ2n) is 4.18. The highest BCUT2D eigenvalue weighted by atomic mass is 32.1. The van der Waals surface area contributed by atoms with Gasteiger partial charge in [0.15, 0.2) is 5.75 Å². The van der Waals surface area contributed by atoms with Gasteiger partial charge in [0, 0.05) is 17.2 Å². The highest BCUT2D eigenvalue weighted by molar-refractivity contribution is 7.80. The zero-order chi connectivity index (χ0) is 15.4. The second-order valence-corrected chi connectivity index (χ2v) is 4.62. The van der Waals surface area contributed by atoms with Crippen LogP contribution < -0.4 is 10.5 Å². The fourth-order valence-electron chi connectivity index (χ4n) is 1.71. The Labute approximate surface area is 125 Å². The third kappa shape index (κ3) is 3.51. The Morgan fingerprint density at radius 3 is 2.67 bits per heavy atom. The van der Waals surface area contributed by atoms with Crippen molar-refractivity contribution in [3.8, 4) is 5.75 Å². The minimum absolute atomic E-state index is 0.0308. The van der Waals surface area contributed by atoms with E-state index in [2.05, 4.69) is 0 Å². The summed E-state index contributed by atoms with van der Waals surface area (Å²) >= 11 is 4.77. The molecule has 0 radical (unpaired) electrons. The third-order valence-electron chi connectivity index (χ3n) is 2.78. The van der Waals surface area contributed by atoms with Gasteiger partial charge in [-0.1, -0.05) is 30.4 Å². The van der Waals surface area contributed by atoms with Crippen LogP contribution in [0.5, 0.6) is 5.75 Å². The smallest absolute Gasteiger partial charge is 0.311 e. The maximum absolute atomic E-state index is 13.5. The summed E-state index contributed by atoms with van der Waals surface area (Å²) in [5.41, 5.74) is 5.85. The molecule has 2 aromatic rings. The molecular weight excluding hydrogens is 295 g/mol. The number of hydrogen-bond donors (Lipinski definition) is 1. The first-order valence-electron chi connectivity index (χ1n) is 5.93. The normalized spacial score (nSPS) is 10.1. The van der Waals surface area contributed by atoms with E-state index in [-0.39, 0.29) is 23.0 Å². The molecule has 2 aromatic carbocycles. The van der Waals surface area contributed by atoms with Crippen LogP contribution in [0.3, 0.4) is 0 Å². The first-order chi connectivity index (χ1) is 9.99. The lowest BCUT2D eigenvalue weighted by molar-refractivity contribution is -0.386. The number of ether oxygens (including phenoxy) is 1. The average Bonchev–Trinajstić information content (AvgIpc) is 2.46. The van der Waals surface area contributed by atoms with Crippen LogP contribution in [0.25, 0.3) is 0 Å².